The minimum Gasteiger partial charge on any atom is -0.490 e. The molecule has 10 heteroatoms. The van der Waals surface area contributed by atoms with Crippen LogP contribution in [0.15, 0.2) is 41.3 Å². The Bertz CT molecular complexity index is 1290. The molecule has 0 aliphatic carbocycles. The SMILES string of the molecule is CCOc1cc(/C=C2\SC(=O)N(CC(=O)Nc3cccc(C)c3C)C2=O)ccc1OCC(=O)N1CCCC1. The van der Waals surface area contributed by atoms with Crippen molar-refractivity contribution in [2.45, 2.75) is 33.6 Å². The Morgan fingerprint density at radius 3 is 2.55 bits per heavy atom. The molecule has 2 aromatic rings. The summed E-state index contributed by atoms with van der Waals surface area (Å²) in [6.45, 7) is 7.09. The van der Waals surface area contributed by atoms with Crippen LogP contribution in [0.2, 0.25) is 0 Å². The van der Waals surface area contributed by atoms with Crippen molar-refractivity contribution in [2.75, 3.05) is 38.2 Å². The van der Waals surface area contributed by atoms with Gasteiger partial charge in [0.05, 0.1) is 11.5 Å². The van der Waals surface area contributed by atoms with Crippen LogP contribution in [-0.4, -0.2) is 65.6 Å². The van der Waals surface area contributed by atoms with Gasteiger partial charge in [-0.1, -0.05) is 18.2 Å². The molecule has 2 heterocycles. The number of nitrogens with zero attached hydrogens (tertiary/aromatic N) is 2. The number of amides is 4. The maximum Gasteiger partial charge on any atom is 0.294 e. The van der Waals surface area contributed by atoms with Crippen molar-refractivity contribution in [3.05, 3.63) is 58.0 Å². The number of carbonyl (C=O) groups is 4. The minimum atomic E-state index is -0.536. The van der Waals surface area contributed by atoms with E-state index in [9.17, 15) is 19.2 Å². The lowest BCUT2D eigenvalue weighted by atomic mass is 10.1. The van der Waals surface area contributed by atoms with Crippen molar-refractivity contribution in [2.24, 2.45) is 0 Å². The Hall–Kier alpha value is -3.79. The first kappa shape index (κ1) is 27.3. The fraction of sp³-hybridized carbons (Fsp3) is 0.357. The van der Waals surface area contributed by atoms with E-state index >= 15 is 0 Å². The van der Waals surface area contributed by atoms with Gasteiger partial charge < -0.3 is 19.7 Å². The molecule has 4 rings (SSSR count). The second-order valence-corrected chi connectivity index (χ2v) is 10.1. The van der Waals surface area contributed by atoms with Crippen molar-refractivity contribution >= 4 is 46.5 Å². The molecule has 0 unspecified atom stereocenters. The van der Waals surface area contributed by atoms with Gasteiger partial charge in [0.15, 0.2) is 18.1 Å². The first-order valence-electron chi connectivity index (χ1n) is 12.6. The van der Waals surface area contributed by atoms with Crippen LogP contribution in [0.1, 0.15) is 36.5 Å². The summed E-state index contributed by atoms with van der Waals surface area (Å²) in [5.74, 6) is -0.198. The van der Waals surface area contributed by atoms with E-state index in [1.807, 2.05) is 32.9 Å². The fourth-order valence-corrected chi connectivity index (χ4v) is 5.05. The van der Waals surface area contributed by atoms with Gasteiger partial charge >= 0.3 is 0 Å². The van der Waals surface area contributed by atoms with Crippen LogP contribution in [0, 0.1) is 13.8 Å². The molecule has 0 saturated carbocycles. The third-order valence-corrected chi connectivity index (χ3v) is 7.34. The average molecular weight is 538 g/mol. The topological polar surface area (TPSA) is 105 Å². The van der Waals surface area contributed by atoms with Gasteiger partial charge in [-0.15, -0.1) is 0 Å². The van der Waals surface area contributed by atoms with Gasteiger partial charge in [-0.3, -0.25) is 24.1 Å². The standard InChI is InChI=1S/C28H31N3O6S/c1-4-36-23-14-20(10-11-22(23)37-17-26(33)30-12-5-6-13-30)15-24-27(34)31(28(35)38-24)16-25(32)29-21-9-7-8-18(2)19(21)3/h7-11,14-15H,4-6,12-13,16-17H2,1-3H3,(H,29,32)/b24-15-. The molecule has 2 aliphatic rings. The average Bonchev–Trinajstić information content (AvgIpc) is 3.52. The maximum absolute atomic E-state index is 12.9. The van der Waals surface area contributed by atoms with Gasteiger partial charge in [-0.2, -0.15) is 0 Å². The monoisotopic (exact) mass is 537 g/mol. The predicted molar refractivity (Wildman–Crippen MR) is 146 cm³/mol. The summed E-state index contributed by atoms with van der Waals surface area (Å²) in [4.78, 5) is 53.3. The van der Waals surface area contributed by atoms with Crippen LogP contribution in [-0.2, 0) is 14.4 Å². The lowest BCUT2D eigenvalue weighted by Crippen LogP contribution is -2.36. The van der Waals surface area contributed by atoms with E-state index in [0.717, 1.165) is 53.7 Å². The summed E-state index contributed by atoms with van der Waals surface area (Å²) in [7, 11) is 0. The van der Waals surface area contributed by atoms with Crippen molar-refractivity contribution in [3.8, 4) is 11.5 Å². The van der Waals surface area contributed by atoms with Gasteiger partial charge in [0, 0.05) is 18.8 Å². The summed E-state index contributed by atoms with van der Waals surface area (Å²) in [6, 6.07) is 10.6. The number of aryl methyl sites for hydroxylation is 1. The number of ether oxygens (including phenoxy) is 2. The van der Waals surface area contributed by atoms with Crippen molar-refractivity contribution < 1.29 is 28.7 Å². The van der Waals surface area contributed by atoms with Crippen molar-refractivity contribution in [1.29, 1.82) is 0 Å². The highest BCUT2D eigenvalue weighted by molar-refractivity contribution is 8.18. The number of rotatable bonds is 9. The lowest BCUT2D eigenvalue weighted by Gasteiger charge is -2.17. The number of nitrogens with one attached hydrogen (secondary N) is 1. The molecule has 2 saturated heterocycles. The molecular formula is C28H31N3O6S. The summed E-state index contributed by atoms with van der Waals surface area (Å²) in [5, 5.41) is 2.27. The minimum absolute atomic E-state index is 0.0655. The quantitative estimate of drug-likeness (QED) is 0.474. The molecule has 0 spiro atoms. The van der Waals surface area contributed by atoms with Crippen molar-refractivity contribution in [3.63, 3.8) is 0 Å². The molecule has 9 nitrogen and oxygen atoms in total. The van der Waals surface area contributed by atoms with Crippen LogP contribution < -0.4 is 14.8 Å². The Kier molecular flexibility index (Phi) is 8.73. The Morgan fingerprint density at radius 2 is 1.82 bits per heavy atom. The molecule has 2 aromatic carbocycles. The Labute approximate surface area is 226 Å². The summed E-state index contributed by atoms with van der Waals surface area (Å²) in [5.41, 5.74) is 3.22. The molecule has 0 atom stereocenters. The van der Waals surface area contributed by atoms with Gasteiger partial charge in [0.2, 0.25) is 5.91 Å². The maximum atomic E-state index is 12.9. The van der Waals surface area contributed by atoms with Gasteiger partial charge in [0.1, 0.15) is 6.54 Å². The normalized spacial score (nSPS) is 16.3. The zero-order valence-electron chi connectivity index (χ0n) is 21.7. The summed E-state index contributed by atoms with van der Waals surface area (Å²) < 4.78 is 11.4. The second-order valence-electron chi connectivity index (χ2n) is 9.08. The van der Waals surface area contributed by atoms with E-state index in [4.69, 9.17) is 9.47 Å². The van der Waals surface area contributed by atoms with Gasteiger partial charge in [0.25, 0.3) is 17.1 Å². The third-order valence-electron chi connectivity index (χ3n) is 6.43. The Morgan fingerprint density at radius 1 is 1.05 bits per heavy atom. The molecule has 200 valence electrons. The molecule has 0 aromatic heterocycles. The zero-order valence-corrected chi connectivity index (χ0v) is 22.6. The first-order chi connectivity index (χ1) is 18.3. The van der Waals surface area contributed by atoms with Gasteiger partial charge in [-0.25, -0.2) is 0 Å². The van der Waals surface area contributed by atoms with Crippen molar-refractivity contribution in [1.82, 2.24) is 9.80 Å². The first-order valence-corrected chi connectivity index (χ1v) is 13.4. The Balaban J connectivity index is 1.42. The molecule has 2 aliphatic heterocycles. The molecular weight excluding hydrogens is 506 g/mol. The van der Waals surface area contributed by atoms with E-state index in [-0.39, 0.29) is 24.0 Å². The number of anilines is 1. The van der Waals surface area contributed by atoms with E-state index in [1.165, 1.54) is 0 Å². The number of thioether (sulfide) groups is 1. The number of hydrogen-bond acceptors (Lipinski definition) is 7. The molecule has 2 fully saturated rings. The predicted octanol–water partition coefficient (Wildman–Crippen LogP) is 4.38. The van der Waals surface area contributed by atoms with Gasteiger partial charge in [-0.05, 0) is 86.3 Å². The summed E-state index contributed by atoms with van der Waals surface area (Å²) >= 11 is 0.778. The van der Waals surface area contributed by atoms with E-state index < -0.39 is 17.1 Å². The molecule has 1 N–H and O–H groups in total. The highest BCUT2D eigenvalue weighted by Crippen LogP contribution is 2.35. The number of benzene rings is 2. The lowest BCUT2D eigenvalue weighted by molar-refractivity contribution is -0.132. The highest BCUT2D eigenvalue weighted by Gasteiger charge is 2.36. The molecule has 38 heavy (non-hydrogen) atoms. The van der Waals surface area contributed by atoms with Crippen LogP contribution in [0.5, 0.6) is 11.5 Å². The second kappa shape index (κ2) is 12.2. The highest BCUT2D eigenvalue weighted by atomic mass is 32.2. The molecule has 0 bridgehead atoms. The number of imide groups is 1. The summed E-state index contributed by atoms with van der Waals surface area (Å²) in [6.07, 6.45) is 3.59. The zero-order chi connectivity index (χ0) is 27.2. The molecule has 0 radical (unpaired) electrons. The van der Waals surface area contributed by atoms with Crippen LogP contribution >= 0.6 is 11.8 Å². The number of carbonyl (C=O) groups excluding carboxylic acids is 4. The fourth-order valence-electron chi connectivity index (χ4n) is 4.21. The van der Waals surface area contributed by atoms with E-state index in [2.05, 4.69) is 5.32 Å². The van der Waals surface area contributed by atoms with Crippen LogP contribution in [0.4, 0.5) is 10.5 Å². The van der Waals surface area contributed by atoms with Crippen LogP contribution in [0.3, 0.4) is 0 Å². The van der Waals surface area contributed by atoms with Crippen LogP contribution in [0.25, 0.3) is 6.08 Å². The third kappa shape index (κ3) is 6.36. The number of hydrogen-bond donors (Lipinski definition) is 1. The number of likely N-dealkylation sites (tertiary alicyclic amines) is 1. The largest absolute Gasteiger partial charge is 0.490 e. The van der Waals surface area contributed by atoms with E-state index in [0.29, 0.717) is 29.4 Å². The van der Waals surface area contributed by atoms with E-state index in [1.54, 1.807) is 35.2 Å². The smallest absolute Gasteiger partial charge is 0.294 e. The molecule has 4 amide bonds.